The van der Waals surface area contributed by atoms with Gasteiger partial charge in [0.15, 0.2) is 0 Å². The van der Waals surface area contributed by atoms with Crippen molar-refractivity contribution in [1.82, 2.24) is 14.7 Å². The third-order valence-corrected chi connectivity index (χ3v) is 7.00. The van der Waals surface area contributed by atoms with Crippen molar-refractivity contribution in [1.29, 1.82) is 0 Å². The molecule has 1 aliphatic carbocycles. The number of halogens is 1. The van der Waals surface area contributed by atoms with Crippen LogP contribution in [0.1, 0.15) is 43.2 Å². The number of phenols is 1. The normalized spacial score (nSPS) is 22.7. The van der Waals surface area contributed by atoms with Gasteiger partial charge < -0.3 is 14.9 Å². The first-order chi connectivity index (χ1) is 14.4. The van der Waals surface area contributed by atoms with E-state index in [0.717, 1.165) is 43.6 Å². The van der Waals surface area contributed by atoms with E-state index in [1.165, 1.54) is 6.08 Å². The molecule has 0 bridgehead atoms. The van der Waals surface area contributed by atoms with Gasteiger partial charge in [-0.25, -0.2) is 0 Å². The molecule has 3 aliphatic rings. The van der Waals surface area contributed by atoms with Crippen molar-refractivity contribution < 1.29 is 14.7 Å². The predicted molar refractivity (Wildman–Crippen MR) is 117 cm³/mol. The molecule has 2 aliphatic heterocycles. The largest absolute Gasteiger partial charge is 0.508 e. The smallest absolute Gasteiger partial charge is 0.246 e. The quantitative estimate of drug-likeness (QED) is 0.703. The zero-order chi connectivity index (χ0) is 21.4. The average Bonchev–Trinajstić information content (AvgIpc) is 3.52. The van der Waals surface area contributed by atoms with Gasteiger partial charge in [-0.1, -0.05) is 24.2 Å². The van der Waals surface area contributed by atoms with Crippen molar-refractivity contribution in [2.24, 2.45) is 0 Å². The van der Waals surface area contributed by atoms with E-state index in [9.17, 15) is 14.7 Å². The molecule has 0 radical (unpaired) electrons. The Morgan fingerprint density at radius 1 is 1.20 bits per heavy atom. The second kappa shape index (κ2) is 8.60. The maximum absolute atomic E-state index is 12.8. The van der Waals surface area contributed by atoms with Gasteiger partial charge in [0.1, 0.15) is 5.75 Å². The van der Waals surface area contributed by atoms with E-state index in [-0.39, 0.29) is 23.6 Å². The Hall–Kier alpha value is -2.05. The first-order valence-corrected chi connectivity index (χ1v) is 11.2. The summed E-state index contributed by atoms with van der Waals surface area (Å²) in [5.74, 6) is 0.800. The average molecular weight is 432 g/mol. The Labute approximate surface area is 183 Å². The van der Waals surface area contributed by atoms with E-state index in [0.29, 0.717) is 42.9 Å². The molecule has 0 aromatic heterocycles. The minimum Gasteiger partial charge on any atom is -0.508 e. The first-order valence-electron chi connectivity index (χ1n) is 10.8. The maximum Gasteiger partial charge on any atom is 0.246 e. The number of carbonyl (C=O) groups excluding carboxylic acids is 2. The third kappa shape index (κ3) is 4.35. The molecule has 3 fully saturated rings. The number of benzene rings is 1. The van der Waals surface area contributed by atoms with Gasteiger partial charge in [-0.2, -0.15) is 0 Å². The lowest BCUT2D eigenvalue weighted by molar-refractivity contribution is -0.139. The van der Waals surface area contributed by atoms with E-state index in [4.69, 9.17) is 11.6 Å². The number of hydrogen-bond donors (Lipinski definition) is 1. The summed E-state index contributed by atoms with van der Waals surface area (Å²) in [6, 6.07) is 4.23. The topological polar surface area (TPSA) is 64.1 Å². The Balaban J connectivity index is 1.28. The van der Waals surface area contributed by atoms with Crippen LogP contribution in [0.5, 0.6) is 5.75 Å². The lowest BCUT2D eigenvalue weighted by atomic mass is 10.0. The number of amides is 2. The molecule has 6 nitrogen and oxygen atoms in total. The van der Waals surface area contributed by atoms with Crippen molar-refractivity contribution in [3.05, 3.63) is 40.9 Å². The third-order valence-electron chi connectivity index (χ3n) is 6.67. The molecule has 1 saturated carbocycles. The van der Waals surface area contributed by atoms with Crippen LogP contribution in [0.15, 0.2) is 24.8 Å². The lowest BCUT2D eigenvalue weighted by Crippen LogP contribution is -2.66. The summed E-state index contributed by atoms with van der Waals surface area (Å²) in [7, 11) is 0. The molecule has 2 saturated heterocycles. The minimum atomic E-state index is -0.0111. The highest BCUT2D eigenvalue weighted by Gasteiger charge is 2.38. The van der Waals surface area contributed by atoms with Gasteiger partial charge in [-0.15, -0.1) is 0 Å². The zero-order valence-electron chi connectivity index (χ0n) is 17.5. The Kier molecular flexibility index (Phi) is 6.07. The van der Waals surface area contributed by atoms with E-state index < -0.39 is 0 Å². The summed E-state index contributed by atoms with van der Waals surface area (Å²) in [5, 5.41) is 10.9. The zero-order valence-corrected chi connectivity index (χ0v) is 18.3. The molecule has 0 spiro atoms. The Bertz CT molecular complexity index is 848. The highest BCUT2D eigenvalue weighted by atomic mass is 35.5. The maximum atomic E-state index is 12.8. The number of phenolic OH excluding ortho intramolecular Hbond substituents is 1. The summed E-state index contributed by atoms with van der Waals surface area (Å²) in [6.07, 6.45) is 4.56. The van der Waals surface area contributed by atoms with Crippen LogP contribution in [-0.4, -0.2) is 76.4 Å². The molecular formula is C23H30ClN3O3. The second-order valence-corrected chi connectivity index (χ2v) is 9.21. The lowest BCUT2D eigenvalue weighted by Gasteiger charge is -2.50. The number of piperazine rings is 1. The molecular weight excluding hydrogens is 402 g/mol. The number of aromatic hydroxyl groups is 1. The van der Waals surface area contributed by atoms with Crippen molar-refractivity contribution in [2.75, 3.05) is 32.7 Å². The minimum absolute atomic E-state index is 0.0111. The highest BCUT2D eigenvalue weighted by molar-refractivity contribution is 6.31. The van der Waals surface area contributed by atoms with Gasteiger partial charge in [0, 0.05) is 56.3 Å². The van der Waals surface area contributed by atoms with Crippen LogP contribution in [-0.2, 0) is 16.0 Å². The fraction of sp³-hybridized carbons (Fsp3) is 0.565. The van der Waals surface area contributed by atoms with E-state index in [1.807, 2.05) is 11.0 Å². The number of nitrogens with zero attached hydrogens (tertiary/aromatic N) is 3. The van der Waals surface area contributed by atoms with Gasteiger partial charge in [-0.3, -0.25) is 14.5 Å². The fourth-order valence-electron chi connectivity index (χ4n) is 4.65. The summed E-state index contributed by atoms with van der Waals surface area (Å²) in [4.78, 5) is 30.6. The number of rotatable bonds is 6. The summed E-state index contributed by atoms with van der Waals surface area (Å²) >= 11 is 6.26. The van der Waals surface area contributed by atoms with Crippen LogP contribution >= 0.6 is 11.6 Å². The molecule has 2 amide bonds. The molecule has 1 aromatic carbocycles. The number of hydrogen-bond acceptors (Lipinski definition) is 4. The molecule has 1 unspecified atom stereocenters. The van der Waals surface area contributed by atoms with Crippen LogP contribution in [0, 0.1) is 0 Å². The molecule has 7 heteroatoms. The van der Waals surface area contributed by atoms with Gasteiger partial charge >= 0.3 is 0 Å². The molecule has 4 rings (SSSR count). The Morgan fingerprint density at radius 3 is 2.57 bits per heavy atom. The molecule has 162 valence electrons. The molecule has 2 heterocycles. The standard InChI is InChI=1S/C23H30ClN3O3/c1-3-22(29)26-13-18(14-26)27-9-8-25(12-15(27)2)23(30)7-6-17-10-19(16-4-5-16)20(24)11-21(17)28/h3,10-11,15-16,18,28H,1,4-9,12-14H2,2H3. The van der Waals surface area contributed by atoms with Crippen molar-refractivity contribution >= 4 is 23.4 Å². The van der Waals surface area contributed by atoms with E-state index in [2.05, 4.69) is 18.4 Å². The SMILES string of the molecule is C=CC(=O)N1CC(N2CCN(C(=O)CCc3cc(C4CC4)c(Cl)cc3O)CC2C)C1. The molecule has 30 heavy (non-hydrogen) atoms. The van der Waals surface area contributed by atoms with Crippen LogP contribution < -0.4 is 0 Å². The van der Waals surface area contributed by atoms with E-state index >= 15 is 0 Å². The predicted octanol–water partition coefficient (Wildman–Crippen LogP) is 2.79. The molecule has 1 N–H and O–H groups in total. The summed E-state index contributed by atoms with van der Waals surface area (Å²) < 4.78 is 0. The van der Waals surface area contributed by atoms with Gasteiger partial charge in [0.05, 0.1) is 0 Å². The second-order valence-electron chi connectivity index (χ2n) is 8.80. The number of aryl methyl sites for hydroxylation is 1. The fourth-order valence-corrected chi connectivity index (χ4v) is 4.96. The van der Waals surface area contributed by atoms with Gasteiger partial charge in [0.2, 0.25) is 11.8 Å². The summed E-state index contributed by atoms with van der Waals surface area (Å²) in [6.45, 7) is 9.39. The van der Waals surface area contributed by atoms with Crippen molar-refractivity contribution in [3.8, 4) is 5.75 Å². The Morgan fingerprint density at radius 2 is 1.93 bits per heavy atom. The van der Waals surface area contributed by atoms with Crippen molar-refractivity contribution in [3.63, 3.8) is 0 Å². The van der Waals surface area contributed by atoms with E-state index in [1.54, 1.807) is 11.0 Å². The molecule has 1 atom stereocenters. The summed E-state index contributed by atoms with van der Waals surface area (Å²) in [5.41, 5.74) is 1.91. The van der Waals surface area contributed by atoms with Gasteiger partial charge in [0.25, 0.3) is 0 Å². The van der Waals surface area contributed by atoms with Crippen LogP contribution in [0.2, 0.25) is 5.02 Å². The van der Waals surface area contributed by atoms with Crippen LogP contribution in [0.25, 0.3) is 0 Å². The molecule has 1 aromatic rings. The van der Waals surface area contributed by atoms with Crippen LogP contribution in [0.4, 0.5) is 0 Å². The monoisotopic (exact) mass is 431 g/mol. The number of carbonyl (C=O) groups is 2. The highest BCUT2D eigenvalue weighted by Crippen LogP contribution is 2.45. The van der Waals surface area contributed by atoms with Gasteiger partial charge in [-0.05, 0) is 55.4 Å². The number of likely N-dealkylation sites (tertiary alicyclic amines) is 1. The van der Waals surface area contributed by atoms with Crippen molar-refractivity contribution in [2.45, 2.75) is 50.6 Å². The van der Waals surface area contributed by atoms with Crippen LogP contribution in [0.3, 0.4) is 0 Å². The first kappa shape index (κ1) is 21.2.